The monoisotopic (exact) mass is 500 g/mol. The summed E-state index contributed by atoms with van der Waals surface area (Å²) in [7, 11) is 0. The van der Waals surface area contributed by atoms with Crippen molar-refractivity contribution in [1.82, 2.24) is 5.32 Å². The average molecular weight is 500 g/mol. The van der Waals surface area contributed by atoms with Crippen LogP contribution >= 0.6 is 0 Å². The molecule has 4 aliphatic rings. The largest absolute Gasteiger partial charge is 0.317 e. The first-order chi connectivity index (χ1) is 17.6. The van der Waals surface area contributed by atoms with Gasteiger partial charge in [0.05, 0.1) is 0 Å². The van der Waals surface area contributed by atoms with Gasteiger partial charge in [0.2, 0.25) is 0 Å². The smallest absolute Gasteiger partial charge is 0.00489 e. The Kier molecular flexibility index (Phi) is 11.6. The van der Waals surface area contributed by atoms with Gasteiger partial charge in [0.25, 0.3) is 0 Å². The van der Waals surface area contributed by atoms with E-state index in [4.69, 9.17) is 0 Å². The maximum atomic E-state index is 3.77. The molecule has 1 heteroatoms. The summed E-state index contributed by atoms with van der Waals surface area (Å²) in [6, 6.07) is 0. The molecule has 210 valence electrons. The quantitative estimate of drug-likeness (QED) is 0.208. The second-order valence-corrected chi connectivity index (χ2v) is 14.6. The molecule has 36 heavy (non-hydrogen) atoms. The van der Waals surface area contributed by atoms with Gasteiger partial charge < -0.3 is 5.32 Å². The normalized spacial score (nSPS) is 37.9. The molecule has 1 N–H and O–H groups in total. The van der Waals surface area contributed by atoms with E-state index in [1.54, 1.807) is 51.4 Å². The molecule has 0 aliphatic heterocycles. The molecule has 0 aromatic carbocycles. The Morgan fingerprint density at radius 1 is 0.583 bits per heavy atom. The Balaban J connectivity index is 1.06. The zero-order valence-electron chi connectivity index (χ0n) is 25.1. The second kappa shape index (κ2) is 14.4. The van der Waals surface area contributed by atoms with E-state index >= 15 is 0 Å². The highest BCUT2D eigenvalue weighted by molar-refractivity contribution is 5.08. The van der Waals surface area contributed by atoms with Crippen molar-refractivity contribution >= 4 is 0 Å². The van der Waals surface area contributed by atoms with Crippen LogP contribution in [0.1, 0.15) is 168 Å². The summed E-state index contributed by atoms with van der Waals surface area (Å²) in [5, 5.41) is 3.77. The van der Waals surface area contributed by atoms with Crippen molar-refractivity contribution in [2.24, 2.45) is 40.4 Å². The van der Waals surface area contributed by atoms with Crippen molar-refractivity contribution in [3.8, 4) is 0 Å². The predicted octanol–water partition coefficient (Wildman–Crippen LogP) is 10.7. The highest BCUT2D eigenvalue weighted by atomic mass is 14.8. The van der Waals surface area contributed by atoms with Crippen LogP contribution in [0.2, 0.25) is 0 Å². The van der Waals surface area contributed by atoms with E-state index in [-0.39, 0.29) is 0 Å². The van der Waals surface area contributed by atoms with Gasteiger partial charge in [0, 0.05) is 0 Å². The maximum Gasteiger partial charge on any atom is -0.00489 e. The molecule has 7 atom stereocenters. The minimum Gasteiger partial charge on any atom is -0.317 e. The van der Waals surface area contributed by atoms with Gasteiger partial charge in [-0.1, -0.05) is 97.8 Å². The summed E-state index contributed by atoms with van der Waals surface area (Å²) in [5.41, 5.74) is 1.39. The third kappa shape index (κ3) is 6.93. The van der Waals surface area contributed by atoms with E-state index in [9.17, 15) is 0 Å². The lowest BCUT2D eigenvalue weighted by Crippen LogP contribution is -2.52. The maximum absolute atomic E-state index is 3.77. The summed E-state index contributed by atoms with van der Waals surface area (Å²) in [5.74, 6) is 5.32. The standard InChI is InChI=1S/C35H65N/c1-4-5-6-7-8-9-10-11-12-16-27-36-28-17-14-19-30-21-23-32-31-22-20-29-18-13-15-25-34(29,2)33(31)24-26-35(30,32)3/h29-33,36H,4-28H2,1-3H3/t29-,30-,31-,32?,33?,34-,35+/m0/s1. The van der Waals surface area contributed by atoms with Gasteiger partial charge in [-0.2, -0.15) is 0 Å². The molecular formula is C35H65N. The summed E-state index contributed by atoms with van der Waals surface area (Å²) >= 11 is 0. The molecule has 4 aliphatic carbocycles. The van der Waals surface area contributed by atoms with E-state index in [1.807, 2.05) is 0 Å². The number of hydrogen-bond acceptors (Lipinski definition) is 1. The van der Waals surface area contributed by atoms with Gasteiger partial charge in [-0.3, -0.25) is 0 Å². The number of fused-ring (bicyclic) bond motifs is 5. The molecule has 0 bridgehead atoms. The van der Waals surface area contributed by atoms with Gasteiger partial charge in [-0.25, -0.2) is 0 Å². The van der Waals surface area contributed by atoms with Gasteiger partial charge in [0.15, 0.2) is 0 Å². The first-order valence-electron chi connectivity index (χ1n) is 17.3. The minimum atomic E-state index is 0.683. The van der Waals surface area contributed by atoms with Crippen molar-refractivity contribution in [2.75, 3.05) is 13.1 Å². The van der Waals surface area contributed by atoms with Crippen LogP contribution in [-0.4, -0.2) is 13.1 Å². The van der Waals surface area contributed by atoms with Crippen molar-refractivity contribution < 1.29 is 0 Å². The van der Waals surface area contributed by atoms with Crippen molar-refractivity contribution in [2.45, 2.75) is 168 Å². The average Bonchev–Trinajstić information content (AvgIpc) is 3.22. The Morgan fingerprint density at radius 3 is 2.00 bits per heavy atom. The molecule has 0 heterocycles. The lowest BCUT2D eigenvalue weighted by molar-refractivity contribution is -0.111. The first kappa shape index (κ1) is 29.0. The first-order valence-corrected chi connectivity index (χ1v) is 17.3. The van der Waals surface area contributed by atoms with E-state index in [2.05, 4.69) is 26.1 Å². The second-order valence-electron chi connectivity index (χ2n) is 14.6. The molecule has 1 nitrogen and oxygen atoms in total. The van der Waals surface area contributed by atoms with Crippen LogP contribution in [-0.2, 0) is 0 Å². The van der Waals surface area contributed by atoms with Crippen LogP contribution in [0.3, 0.4) is 0 Å². The van der Waals surface area contributed by atoms with Gasteiger partial charge in [-0.15, -0.1) is 0 Å². The molecule has 4 fully saturated rings. The van der Waals surface area contributed by atoms with Crippen LogP contribution in [0.25, 0.3) is 0 Å². The van der Waals surface area contributed by atoms with Gasteiger partial charge in [-0.05, 0) is 124 Å². The number of rotatable bonds is 16. The number of nitrogens with one attached hydrogen (secondary N) is 1. The third-order valence-electron chi connectivity index (χ3n) is 12.6. The molecule has 4 saturated carbocycles. The topological polar surface area (TPSA) is 12.0 Å². The van der Waals surface area contributed by atoms with Crippen LogP contribution in [0.4, 0.5) is 0 Å². The molecular weight excluding hydrogens is 434 g/mol. The fourth-order valence-electron chi connectivity index (χ4n) is 10.4. The molecule has 2 unspecified atom stereocenters. The fourth-order valence-corrected chi connectivity index (χ4v) is 10.4. The van der Waals surface area contributed by atoms with E-state index in [0.717, 1.165) is 29.6 Å². The van der Waals surface area contributed by atoms with E-state index < -0.39 is 0 Å². The fraction of sp³-hybridized carbons (Fsp3) is 1.00. The van der Waals surface area contributed by atoms with Gasteiger partial charge in [0.1, 0.15) is 0 Å². The third-order valence-corrected chi connectivity index (χ3v) is 12.6. The lowest BCUT2D eigenvalue weighted by Gasteiger charge is -2.60. The Bertz CT molecular complexity index is 614. The van der Waals surface area contributed by atoms with Crippen molar-refractivity contribution in [3.63, 3.8) is 0 Å². The highest BCUT2D eigenvalue weighted by Crippen LogP contribution is 2.67. The molecule has 4 rings (SSSR count). The van der Waals surface area contributed by atoms with E-state index in [0.29, 0.717) is 10.8 Å². The van der Waals surface area contributed by atoms with Crippen LogP contribution < -0.4 is 5.32 Å². The Labute approximate surface area is 227 Å². The van der Waals surface area contributed by atoms with Crippen molar-refractivity contribution in [3.05, 3.63) is 0 Å². The predicted molar refractivity (Wildman–Crippen MR) is 158 cm³/mol. The van der Waals surface area contributed by atoms with Crippen LogP contribution in [0, 0.1) is 40.4 Å². The van der Waals surface area contributed by atoms with Crippen LogP contribution in [0.15, 0.2) is 0 Å². The molecule has 0 radical (unpaired) electrons. The zero-order valence-corrected chi connectivity index (χ0v) is 25.1. The molecule has 0 aromatic rings. The molecule has 0 saturated heterocycles. The Hall–Kier alpha value is -0.0400. The van der Waals surface area contributed by atoms with E-state index in [1.165, 1.54) is 109 Å². The summed E-state index contributed by atoms with van der Waals surface area (Å²) < 4.78 is 0. The Morgan fingerprint density at radius 2 is 1.25 bits per heavy atom. The van der Waals surface area contributed by atoms with Crippen LogP contribution in [0.5, 0.6) is 0 Å². The highest BCUT2D eigenvalue weighted by Gasteiger charge is 2.59. The SMILES string of the molecule is CCCCCCCCCCCCNCCCC[C@H]1CCC2[C@@H]3CC[C@@H]4CCCC[C@]4(C)C3CC[C@@]21C. The zero-order chi connectivity index (χ0) is 25.3. The number of unbranched alkanes of at least 4 members (excludes halogenated alkanes) is 10. The number of hydrogen-bond donors (Lipinski definition) is 1. The summed E-state index contributed by atoms with van der Waals surface area (Å²) in [6.07, 6.45) is 34.4. The van der Waals surface area contributed by atoms with Gasteiger partial charge >= 0.3 is 0 Å². The summed E-state index contributed by atoms with van der Waals surface area (Å²) in [6.45, 7) is 10.3. The minimum absolute atomic E-state index is 0.683. The summed E-state index contributed by atoms with van der Waals surface area (Å²) in [4.78, 5) is 0. The molecule has 0 spiro atoms. The van der Waals surface area contributed by atoms with Crippen molar-refractivity contribution in [1.29, 1.82) is 0 Å². The molecule has 0 amide bonds. The lowest BCUT2D eigenvalue weighted by atomic mass is 9.45. The molecule has 0 aromatic heterocycles.